The first-order valence-electron chi connectivity index (χ1n) is 4.67. The van der Waals surface area contributed by atoms with Gasteiger partial charge in [-0.1, -0.05) is 0 Å². The number of ether oxygens (including phenoxy) is 2. The van der Waals surface area contributed by atoms with Gasteiger partial charge in [0.15, 0.2) is 0 Å². The molecule has 14 heavy (non-hydrogen) atoms. The lowest BCUT2D eigenvalue weighted by atomic mass is 10.2. The maximum absolute atomic E-state index is 5.65. The molecule has 0 aliphatic carbocycles. The first-order valence-corrected chi connectivity index (χ1v) is 4.67. The zero-order chi connectivity index (χ0) is 9.97. The fourth-order valence-corrected chi connectivity index (χ4v) is 1.35. The maximum Gasteiger partial charge on any atom is 0.216 e. The van der Waals surface area contributed by atoms with Crippen LogP contribution in [0, 0.1) is 6.92 Å². The van der Waals surface area contributed by atoms with E-state index in [2.05, 4.69) is 10.3 Å². The molecule has 1 aromatic heterocycles. The van der Waals surface area contributed by atoms with Crippen molar-refractivity contribution in [2.75, 3.05) is 20.2 Å². The fourth-order valence-electron chi connectivity index (χ4n) is 1.35. The Morgan fingerprint density at radius 3 is 2.79 bits per heavy atom. The third kappa shape index (κ3) is 1.80. The second-order valence-electron chi connectivity index (χ2n) is 3.40. The Bertz CT molecular complexity index is 324. The molecule has 2 heterocycles. The fraction of sp³-hybridized carbons (Fsp3) is 0.500. The number of rotatable bonds is 3. The Kier molecular flexibility index (Phi) is 2.54. The van der Waals surface area contributed by atoms with Crippen LogP contribution in [0.2, 0.25) is 0 Å². The number of hydrogen-bond acceptors (Lipinski definition) is 4. The van der Waals surface area contributed by atoms with Crippen molar-refractivity contribution in [1.29, 1.82) is 0 Å². The number of aryl methyl sites for hydroxylation is 1. The molecule has 1 aromatic rings. The van der Waals surface area contributed by atoms with Crippen molar-refractivity contribution < 1.29 is 9.47 Å². The molecule has 1 aliphatic heterocycles. The van der Waals surface area contributed by atoms with Crippen molar-refractivity contribution >= 4 is 0 Å². The summed E-state index contributed by atoms with van der Waals surface area (Å²) >= 11 is 0. The Balaban J connectivity index is 2.07. The Morgan fingerprint density at radius 2 is 2.29 bits per heavy atom. The first-order chi connectivity index (χ1) is 6.79. The summed E-state index contributed by atoms with van der Waals surface area (Å²) in [5.74, 6) is 1.47. The number of pyridine rings is 1. The molecule has 0 atom stereocenters. The van der Waals surface area contributed by atoms with E-state index < -0.39 is 0 Å². The van der Waals surface area contributed by atoms with E-state index in [9.17, 15) is 0 Å². The van der Waals surface area contributed by atoms with E-state index >= 15 is 0 Å². The molecule has 1 aliphatic rings. The SMILES string of the molecule is COc1ncc(OC2CNC2)cc1C. The number of aromatic nitrogens is 1. The molecule has 2 rings (SSSR count). The molecular weight excluding hydrogens is 180 g/mol. The van der Waals surface area contributed by atoms with Gasteiger partial charge in [0.05, 0.1) is 13.3 Å². The molecule has 1 saturated heterocycles. The number of hydrogen-bond donors (Lipinski definition) is 1. The summed E-state index contributed by atoms with van der Waals surface area (Å²) < 4.78 is 10.7. The van der Waals surface area contributed by atoms with Gasteiger partial charge in [-0.15, -0.1) is 0 Å². The van der Waals surface area contributed by atoms with Crippen LogP contribution >= 0.6 is 0 Å². The van der Waals surface area contributed by atoms with Crippen molar-refractivity contribution in [2.45, 2.75) is 13.0 Å². The molecular formula is C10H14N2O2. The molecule has 1 N–H and O–H groups in total. The summed E-state index contributed by atoms with van der Waals surface area (Å²) in [7, 11) is 1.62. The van der Waals surface area contributed by atoms with Gasteiger partial charge in [0.1, 0.15) is 11.9 Å². The monoisotopic (exact) mass is 194 g/mol. The zero-order valence-electron chi connectivity index (χ0n) is 8.41. The number of methoxy groups -OCH3 is 1. The Hall–Kier alpha value is -1.29. The van der Waals surface area contributed by atoms with Gasteiger partial charge in [-0.3, -0.25) is 0 Å². The van der Waals surface area contributed by atoms with Gasteiger partial charge in [0.2, 0.25) is 5.88 Å². The van der Waals surface area contributed by atoms with Crippen LogP contribution in [0.4, 0.5) is 0 Å². The van der Waals surface area contributed by atoms with Crippen molar-refractivity contribution in [2.24, 2.45) is 0 Å². The molecule has 0 amide bonds. The summed E-state index contributed by atoms with van der Waals surface area (Å²) in [5.41, 5.74) is 0.997. The predicted molar refractivity (Wildman–Crippen MR) is 52.8 cm³/mol. The van der Waals surface area contributed by atoms with Crippen LogP contribution < -0.4 is 14.8 Å². The highest BCUT2D eigenvalue weighted by Crippen LogP contribution is 2.20. The number of nitrogens with one attached hydrogen (secondary N) is 1. The van der Waals surface area contributed by atoms with E-state index in [0.717, 1.165) is 24.4 Å². The maximum atomic E-state index is 5.65. The summed E-state index contributed by atoms with van der Waals surface area (Å²) in [4.78, 5) is 4.14. The minimum atomic E-state index is 0.296. The van der Waals surface area contributed by atoms with Gasteiger partial charge in [0.25, 0.3) is 0 Å². The van der Waals surface area contributed by atoms with E-state index in [4.69, 9.17) is 9.47 Å². The largest absolute Gasteiger partial charge is 0.486 e. The van der Waals surface area contributed by atoms with Gasteiger partial charge in [-0.25, -0.2) is 4.98 Å². The predicted octanol–water partition coefficient (Wildman–Crippen LogP) is 0.749. The molecule has 0 spiro atoms. The average molecular weight is 194 g/mol. The van der Waals surface area contributed by atoms with E-state index in [1.165, 1.54) is 0 Å². The van der Waals surface area contributed by atoms with Gasteiger partial charge >= 0.3 is 0 Å². The first kappa shape index (κ1) is 9.27. The lowest BCUT2D eigenvalue weighted by Crippen LogP contribution is -2.50. The van der Waals surface area contributed by atoms with Crippen molar-refractivity contribution in [1.82, 2.24) is 10.3 Å². The lowest BCUT2D eigenvalue weighted by Gasteiger charge is -2.27. The molecule has 0 radical (unpaired) electrons. The van der Waals surface area contributed by atoms with Crippen LogP contribution in [-0.2, 0) is 0 Å². The van der Waals surface area contributed by atoms with Crippen molar-refractivity contribution in [3.63, 3.8) is 0 Å². The lowest BCUT2D eigenvalue weighted by molar-refractivity contribution is 0.141. The summed E-state index contributed by atoms with van der Waals surface area (Å²) in [6.45, 7) is 3.80. The number of nitrogens with zero attached hydrogens (tertiary/aromatic N) is 1. The molecule has 0 bridgehead atoms. The Morgan fingerprint density at radius 1 is 1.50 bits per heavy atom. The minimum Gasteiger partial charge on any atom is -0.486 e. The quantitative estimate of drug-likeness (QED) is 0.771. The summed E-state index contributed by atoms with van der Waals surface area (Å²) in [6.07, 6.45) is 1.99. The van der Waals surface area contributed by atoms with E-state index in [1.54, 1.807) is 13.3 Å². The van der Waals surface area contributed by atoms with Crippen LogP contribution in [0.15, 0.2) is 12.3 Å². The van der Waals surface area contributed by atoms with Crippen LogP contribution in [0.1, 0.15) is 5.56 Å². The van der Waals surface area contributed by atoms with E-state index in [-0.39, 0.29) is 0 Å². The molecule has 0 aromatic carbocycles. The molecule has 4 heteroatoms. The van der Waals surface area contributed by atoms with Gasteiger partial charge in [0, 0.05) is 18.7 Å². The zero-order valence-corrected chi connectivity index (χ0v) is 8.41. The molecule has 0 saturated carbocycles. The summed E-state index contributed by atoms with van der Waals surface area (Å²) in [6, 6.07) is 1.95. The van der Waals surface area contributed by atoms with Gasteiger partial charge in [-0.05, 0) is 13.0 Å². The van der Waals surface area contributed by atoms with Crippen molar-refractivity contribution in [3.05, 3.63) is 17.8 Å². The smallest absolute Gasteiger partial charge is 0.216 e. The van der Waals surface area contributed by atoms with Crippen LogP contribution in [0.5, 0.6) is 11.6 Å². The highest BCUT2D eigenvalue weighted by atomic mass is 16.5. The molecule has 4 nitrogen and oxygen atoms in total. The van der Waals surface area contributed by atoms with Crippen LogP contribution in [0.25, 0.3) is 0 Å². The van der Waals surface area contributed by atoms with E-state index in [0.29, 0.717) is 12.0 Å². The highest BCUT2D eigenvalue weighted by Gasteiger charge is 2.18. The third-order valence-corrected chi connectivity index (χ3v) is 2.25. The second-order valence-corrected chi connectivity index (χ2v) is 3.40. The van der Waals surface area contributed by atoms with Crippen LogP contribution in [-0.4, -0.2) is 31.3 Å². The van der Waals surface area contributed by atoms with Crippen LogP contribution in [0.3, 0.4) is 0 Å². The topological polar surface area (TPSA) is 43.4 Å². The standard InChI is InChI=1S/C10H14N2O2/c1-7-3-8(6-12-10(7)13-2)14-9-4-11-5-9/h3,6,9,11H,4-5H2,1-2H3. The molecule has 0 unspecified atom stereocenters. The summed E-state index contributed by atoms with van der Waals surface area (Å²) in [5, 5.41) is 3.15. The Labute approximate surface area is 83.2 Å². The average Bonchev–Trinajstić information content (AvgIpc) is 2.12. The highest BCUT2D eigenvalue weighted by molar-refractivity contribution is 5.32. The molecule has 1 fully saturated rings. The van der Waals surface area contributed by atoms with Crippen molar-refractivity contribution in [3.8, 4) is 11.6 Å². The molecule has 76 valence electrons. The van der Waals surface area contributed by atoms with Gasteiger partial charge < -0.3 is 14.8 Å². The second kappa shape index (κ2) is 3.84. The van der Waals surface area contributed by atoms with E-state index in [1.807, 2.05) is 13.0 Å². The minimum absolute atomic E-state index is 0.296. The third-order valence-electron chi connectivity index (χ3n) is 2.25. The van der Waals surface area contributed by atoms with Gasteiger partial charge in [-0.2, -0.15) is 0 Å². The normalized spacial score (nSPS) is 16.1.